The fourth-order valence-electron chi connectivity index (χ4n) is 3.21. The van der Waals surface area contributed by atoms with Gasteiger partial charge in [0.2, 0.25) is 5.89 Å². The lowest BCUT2D eigenvalue weighted by Gasteiger charge is -2.23. The van der Waals surface area contributed by atoms with Crippen LogP contribution in [0.5, 0.6) is 0 Å². The van der Waals surface area contributed by atoms with Crippen LogP contribution in [0.25, 0.3) is 22.7 Å². The van der Waals surface area contributed by atoms with Crippen molar-refractivity contribution in [1.82, 2.24) is 20.1 Å². The van der Waals surface area contributed by atoms with Gasteiger partial charge in [0.1, 0.15) is 11.2 Å². The highest BCUT2D eigenvalue weighted by molar-refractivity contribution is 6.31. The highest BCUT2D eigenvalue weighted by Crippen LogP contribution is 2.26. The maximum atomic E-state index is 12.5. The molecule has 2 aromatic heterocycles. The SMILES string of the molecule is CN(C(=O)c1ccc(-c2nc3ccc(Cl)cc3o2)nn1)C1CCCC1. The van der Waals surface area contributed by atoms with Crippen molar-refractivity contribution in [3.05, 3.63) is 41.0 Å². The van der Waals surface area contributed by atoms with Crippen molar-refractivity contribution in [1.29, 1.82) is 0 Å². The van der Waals surface area contributed by atoms with Gasteiger partial charge >= 0.3 is 0 Å². The van der Waals surface area contributed by atoms with Crippen LogP contribution in [-0.4, -0.2) is 39.1 Å². The Morgan fingerprint density at radius 1 is 1.20 bits per heavy atom. The molecule has 0 radical (unpaired) electrons. The molecule has 0 spiro atoms. The van der Waals surface area contributed by atoms with Gasteiger partial charge in [-0.15, -0.1) is 10.2 Å². The standard InChI is InChI=1S/C18H17ClN4O2/c1-23(12-4-2-3-5-12)18(24)15-9-8-14(21-22-15)17-20-13-7-6-11(19)10-16(13)25-17/h6-10,12H,2-5H2,1H3. The summed E-state index contributed by atoms with van der Waals surface area (Å²) in [5.74, 6) is 0.253. The number of fused-ring (bicyclic) bond motifs is 1. The summed E-state index contributed by atoms with van der Waals surface area (Å²) < 4.78 is 5.67. The van der Waals surface area contributed by atoms with E-state index in [9.17, 15) is 4.79 Å². The third-order valence-corrected chi connectivity index (χ3v) is 4.88. The van der Waals surface area contributed by atoms with E-state index in [1.54, 1.807) is 35.2 Å². The normalized spacial score (nSPS) is 15.0. The molecule has 3 aromatic rings. The van der Waals surface area contributed by atoms with Crippen molar-refractivity contribution in [2.45, 2.75) is 31.7 Å². The van der Waals surface area contributed by atoms with Crippen molar-refractivity contribution in [2.75, 3.05) is 7.05 Å². The van der Waals surface area contributed by atoms with E-state index >= 15 is 0 Å². The molecule has 2 heterocycles. The first-order valence-corrected chi connectivity index (χ1v) is 8.67. The van der Waals surface area contributed by atoms with Gasteiger partial charge < -0.3 is 9.32 Å². The van der Waals surface area contributed by atoms with Gasteiger partial charge in [-0.1, -0.05) is 24.4 Å². The Hall–Kier alpha value is -2.47. The maximum absolute atomic E-state index is 12.5. The van der Waals surface area contributed by atoms with Crippen LogP contribution in [0.1, 0.15) is 36.2 Å². The number of carbonyl (C=O) groups excluding carboxylic acids is 1. The minimum absolute atomic E-state index is 0.102. The lowest BCUT2D eigenvalue weighted by Crippen LogP contribution is -2.35. The second kappa shape index (κ2) is 6.44. The number of carbonyl (C=O) groups is 1. The van der Waals surface area contributed by atoms with E-state index in [1.807, 2.05) is 7.05 Å². The summed E-state index contributed by atoms with van der Waals surface area (Å²) in [6.45, 7) is 0. The van der Waals surface area contributed by atoms with Gasteiger partial charge in [-0.3, -0.25) is 4.79 Å². The molecular weight excluding hydrogens is 340 g/mol. The quantitative estimate of drug-likeness (QED) is 0.710. The molecule has 25 heavy (non-hydrogen) atoms. The molecule has 6 nitrogen and oxygen atoms in total. The van der Waals surface area contributed by atoms with Gasteiger partial charge in [-0.05, 0) is 37.1 Å². The molecule has 0 N–H and O–H groups in total. The fraction of sp³-hybridized carbons (Fsp3) is 0.333. The number of benzene rings is 1. The molecule has 0 saturated heterocycles. The molecule has 128 valence electrons. The molecule has 4 rings (SSSR count). The Labute approximate surface area is 149 Å². The average Bonchev–Trinajstić information content (AvgIpc) is 3.30. The molecule has 0 bridgehead atoms. The summed E-state index contributed by atoms with van der Waals surface area (Å²) >= 11 is 5.96. The number of hydrogen-bond acceptors (Lipinski definition) is 5. The third kappa shape index (κ3) is 3.09. The monoisotopic (exact) mass is 356 g/mol. The number of rotatable bonds is 3. The van der Waals surface area contributed by atoms with E-state index in [-0.39, 0.29) is 5.91 Å². The Morgan fingerprint density at radius 3 is 2.72 bits per heavy atom. The number of aromatic nitrogens is 3. The Balaban J connectivity index is 1.57. The summed E-state index contributed by atoms with van der Waals surface area (Å²) in [4.78, 5) is 18.7. The van der Waals surface area contributed by atoms with Crippen LogP contribution in [0.2, 0.25) is 5.02 Å². The first-order chi connectivity index (χ1) is 12.1. The van der Waals surface area contributed by atoms with Crippen molar-refractivity contribution < 1.29 is 9.21 Å². The first kappa shape index (κ1) is 16.0. The van der Waals surface area contributed by atoms with Crippen molar-refractivity contribution in [3.8, 4) is 11.6 Å². The number of halogens is 1. The van der Waals surface area contributed by atoms with Crippen LogP contribution in [0.3, 0.4) is 0 Å². The maximum Gasteiger partial charge on any atom is 0.274 e. The summed E-state index contributed by atoms with van der Waals surface area (Å²) in [7, 11) is 1.83. The predicted octanol–water partition coefficient (Wildman–Crippen LogP) is 3.95. The van der Waals surface area contributed by atoms with Gasteiger partial charge in [-0.2, -0.15) is 0 Å². The van der Waals surface area contributed by atoms with Crippen molar-refractivity contribution >= 4 is 28.6 Å². The summed E-state index contributed by atoms with van der Waals surface area (Å²) in [5, 5.41) is 8.76. The molecule has 1 saturated carbocycles. The van der Waals surface area contributed by atoms with Crippen molar-refractivity contribution in [3.63, 3.8) is 0 Å². The lowest BCUT2D eigenvalue weighted by molar-refractivity contribution is 0.0728. The van der Waals surface area contributed by atoms with E-state index in [1.165, 1.54) is 12.8 Å². The van der Waals surface area contributed by atoms with E-state index in [0.717, 1.165) is 12.8 Å². The number of hydrogen-bond donors (Lipinski definition) is 0. The molecular formula is C18H17ClN4O2. The minimum atomic E-state index is -0.102. The fourth-order valence-corrected chi connectivity index (χ4v) is 3.37. The zero-order chi connectivity index (χ0) is 17.4. The Bertz CT molecular complexity index is 916. The van der Waals surface area contributed by atoms with E-state index in [2.05, 4.69) is 15.2 Å². The summed E-state index contributed by atoms with van der Waals surface area (Å²) in [6, 6.07) is 8.91. The van der Waals surface area contributed by atoms with Crippen molar-refractivity contribution in [2.24, 2.45) is 0 Å². The van der Waals surface area contributed by atoms with Gasteiger partial charge in [0.25, 0.3) is 5.91 Å². The molecule has 0 aliphatic heterocycles. The van der Waals surface area contributed by atoms with E-state index in [4.69, 9.17) is 16.0 Å². The smallest absolute Gasteiger partial charge is 0.274 e. The number of amides is 1. The molecule has 1 amide bonds. The zero-order valence-corrected chi connectivity index (χ0v) is 14.5. The molecule has 0 atom stereocenters. The summed E-state index contributed by atoms with van der Waals surface area (Å²) in [6.07, 6.45) is 4.46. The number of nitrogens with zero attached hydrogens (tertiary/aromatic N) is 4. The van der Waals surface area contributed by atoms with Crippen LogP contribution in [0.4, 0.5) is 0 Å². The van der Waals surface area contributed by atoms with E-state index < -0.39 is 0 Å². The second-order valence-electron chi connectivity index (χ2n) is 6.29. The van der Waals surface area contributed by atoms with Crippen LogP contribution in [0.15, 0.2) is 34.7 Å². The first-order valence-electron chi connectivity index (χ1n) is 8.29. The van der Waals surface area contributed by atoms with Crippen LogP contribution < -0.4 is 0 Å². The molecule has 1 aliphatic carbocycles. The number of oxazole rings is 1. The highest BCUT2D eigenvalue weighted by Gasteiger charge is 2.25. The minimum Gasteiger partial charge on any atom is -0.435 e. The lowest BCUT2D eigenvalue weighted by atomic mass is 10.2. The Kier molecular flexibility index (Phi) is 4.13. The van der Waals surface area contributed by atoms with E-state index in [0.29, 0.717) is 39.4 Å². The van der Waals surface area contributed by atoms with Crippen LogP contribution in [0, 0.1) is 0 Å². The highest BCUT2D eigenvalue weighted by atomic mass is 35.5. The average molecular weight is 357 g/mol. The van der Waals surface area contributed by atoms with Crippen LogP contribution in [-0.2, 0) is 0 Å². The van der Waals surface area contributed by atoms with Gasteiger partial charge in [-0.25, -0.2) is 4.98 Å². The molecule has 1 aliphatic rings. The van der Waals surface area contributed by atoms with Gasteiger partial charge in [0, 0.05) is 24.2 Å². The topological polar surface area (TPSA) is 72.1 Å². The largest absolute Gasteiger partial charge is 0.435 e. The second-order valence-corrected chi connectivity index (χ2v) is 6.73. The third-order valence-electron chi connectivity index (χ3n) is 4.65. The van der Waals surface area contributed by atoms with Gasteiger partial charge in [0.05, 0.1) is 0 Å². The van der Waals surface area contributed by atoms with Gasteiger partial charge in [0.15, 0.2) is 11.3 Å². The summed E-state index contributed by atoms with van der Waals surface area (Å²) in [5.41, 5.74) is 2.09. The molecule has 0 unspecified atom stereocenters. The predicted molar refractivity (Wildman–Crippen MR) is 94.4 cm³/mol. The van der Waals surface area contributed by atoms with Crippen LogP contribution >= 0.6 is 11.6 Å². The molecule has 7 heteroatoms. The molecule has 1 fully saturated rings. The molecule has 1 aromatic carbocycles. The zero-order valence-electron chi connectivity index (χ0n) is 13.8. The Morgan fingerprint density at radius 2 is 2.00 bits per heavy atom.